The van der Waals surface area contributed by atoms with Crippen LogP contribution in [0.3, 0.4) is 0 Å². The lowest BCUT2D eigenvalue weighted by Crippen LogP contribution is -2.35. The zero-order valence-electron chi connectivity index (χ0n) is 12.3. The van der Waals surface area contributed by atoms with Crippen LogP contribution >= 0.6 is 0 Å². The number of rotatable bonds is 3. The highest BCUT2D eigenvalue weighted by Gasteiger charge is 2.26. The zero-order chi connectivity index (χ0) is 14.7. The van der Waals surface area contributed by atoms with Crippen molar-refractivity contribution in [3.8, 4) is 0 Å². The summed E-state index contributed by atoms with van der Waals surface area (Å²) in [6.45, 7) is 2.21. The van der Waals surface area contributed by atoms with E-state index in [2.05, 4.69) is 29.2 Å². The number of hydrogen-bond donors (Lipinski definition) is 2. The molecule has 3 nitrogen and oxygen atoms in total. The van der Waals surface area contributed by atoms with Gasteiger partial charge in [-0.1, -0.05) is 42.8 Å². The van der Waals surface area contributed by atoms with E-state index in [0.717, 1.165) is 35.6 Å². The molecule has 1 aliphatic heterocycles. The number of nitrogens with zero attached hydrogens (tertiary/aromatic N) is 1. The fourth-order valence-electron chi connectivity index (χ4n) is 3.26. The van der Waals surface area contributed by atoms with Crippen LogP contribution in [0.5, 0.6) is 0 Å². The molecule has 0 unspecified atom stereocenters. The molecule has 0 bridgehead atoms. The lowest BCUT2D eigenvalue weighted by atomic mass is 9.93. The summed E-state index contributed by atoms with van der Waals surface area (Å²) < 4.78 is 0. The maximum absolute atomic E-state index is 6.25. The highest BCUT2D eigenvalue weighted by atomic mass is 15.2. The van der Waals surface area contributed by atoms with Gasteiger partial charge in [0.25, 0.3) is 0 Å². The molecule has 0 amide bonds. The van der Waals surface area contributed by atoms with Crippen LogP contribution in [0.15, 0.2) is 48.5 Å². The third-order valence-corrected chi connectivity index (χ3v) is 4.34. The van der Waals surface area contributed by atoms with Crippen molar-refractivity contribution in [2.45, 2.75) is 25.3 Å². The average molecular weight is 281 g/mol. The summed E-state index contributed by atoms with van der Waals surface area (Å²) in [5.41, 5.74) is 16.5. The smallest absolute Gasteiger partial charge is 0.0642 e. The molecule has 0 saturated carbocycles. The van der Waals surface area contributed by atoms with E-state index in [4.69, 9.17) is 11.5 Å². The number of hydrogen-bond acceptors (Lipinski definition) is 3. The normalized spacial score (nSPS) is 16.2. The van der Waals surface area contributed by atoms with Crippen LogP contribution in [-0.4, -0.2) is 18.0 Å². The fraction of sp³-hybridized carbons (Fsp3) is 0.333. The second-order valence-electron chi connectivity index (χ2n) is 5.76. The van der Waals surface area contributed by atoms with Crippen LogP contribution in [0, 0.1) is 0 Å². The van der Waals surface area contributed by atoms with E-state index in [1.54, 1.807) is 0 Å². The van der Waals surface area contributed by atoms with Crippen molar-refractivity contribution in [1.29, 1.82) is 0 Å². The number of para-hydroxylation sites is 2. The number of nitrogens with two attached hydrogens (primary N) is 2. The van der Waals surface area contributed by atoms with Gasteiger partial charge in [-0.2, -0.15) is 0 Å². The Bertz CT molecular complexity index is 557. The van der Waals surface area contributed by atoms with Crippen LogP contribution in [0.4, 0.5) is 11.4 Å². The van der Waals surface area contributed by atoms with Crippen molar-refractivity contribution in [2.75, 3.05) is 24.6 Å². The van der Waals surface area contributed by atoms with Gasteiger partial charge in [0.15, 0.2) is 0 Å². The maximum atomic E-state index is 6.25. The van der Waals surface area contributed by atoms with E-state index in [1.165, 1.54) is 19.3 Å². The highest BCUT2D eigenvalue weighted by molar-refractivity contribution is 5.57. The van der Waals surface area contributed by atoms with Crippen LogP contribution < -0.4 is 11.5 Å². The van der Waals surface area contributed by atoms with E-state index < -0.39 is 0 Å². The van der Waals surface area contributed by atoms with Gasteiger partial charge in [0.2, 0.25) is 0 Å². The van der Waals surface area contributed by atoms with Crippen LogP contribution in [0.1, 0.15) is 36.4 Å². The molecular formula is C18H23N3. The Morgan fingerprint density at radius 3 is 1.67 bits per heavy atom. The average Bonchev–Trinajstić information content (AvgIpc) is 2.52. The molecule has 0 aliphatic carbocycles. The molecular weight excluding hydrogens is 258 g/mol. The first-order valence-corrected chi connectivity index (χ1v) is 7.70. The Kier molecular flexibility index (Phi) is 4.11. The van der Waals surface area contributed by atoms with Gasteiger partial charge in [-0.3, -0.25) is 4.90 Å². The predicted octanol–water partition coefficient (Wildman–Crippen LogP) is 3.43. The number of anilines is 2. The molecule has 2 aromatic carbocycles. The number of benzene rings is 2. The Morgan fingerprint density at radius 1 is 0.714 bits per heavy atom. The first kappa shape index (κ1) is 14.0. The van der Waals surface area contributed by atoms with Gasteiger partial charge in [-0.05, 0) is 49.2 Å². The van der Waals surface area contributed by atoms with Crippen molar-refractivity contribution in [3.63, 3.8) is 0 Å². The lowest BCUT2D eigenvalue weighted by molar-refractivity contribution is 0.188. The summed E-state index contributed by atoms with van der Waals surface area (Å²) in [5, 5.41) is 0. The number of likely N-dealkylation sites (tertiary alicyclic amines) is 1. The molecule has 1 heterocycles. The summed E-state index contributed by atoms with van der Waals surface area (Å²) in [5.74, 6) is 0. The highest BCUT2D eigenvalue weighted by Crippen LogP contribution is 2.36. The van der Waals surface area contributed by atoms with E-state index in [1.807, 2.05) is 24.3 Å². The molecule has 110 valence electrons. The SMILES string of the molecule is Nc1ccccc1C(c1ccccc1N)N1CCCCC1. The second kappa shape index (κ2) is 6.19. The van der Waals surface area contributed by atoms with E-state index in [0.29, 0.717) is 0 Å². The topological polar surface area (TPSA) is 55.3 Å². The third kappa shape index (κ3) is 2.88. The summed E-state index contributed by atoms with van der Waals surface area (Å²) in [7, 11) is 0. The van der Waals surface area contributed by atoms with Gasteiger partial charge in [0.05, 0.1) is 6.04 Å². The molecule has 0 radical (unpaired) electrons. The van der Waals surface area contributed by atoms with Crippen molar-refractivity contribution in [1.82, 2.24) is 4.90 Å². The summed E-state index contributed by atoms with van der Waals surface area (Å²) in [6.07, 6.45) is 3.81. The van der Waals surface area contributed by atoms with Gasteiger partial charge in [0.1, 0.15) is 0 Å². The lowest BCUT2D eigenvalue weighted by Gasteiger charge is -2.36. The second-order valence-corrected chi connectivity index (χ2v) is 5.76. The van der Waals surface area contributed by atoms with Gasteiger partial charge in [0, 0.05) is 11.4 Å². The summed E-state index contributed by atoms with van der Waals surface area (Å²) in [4.78, 5) is 2.51. The largest absolute Gasteiger partial charge is 0.398 e. The summed E-state index contributed by atoms with van der Waals surface area (Å²) >= 11 is 0. The molecule has 3 rings (SSSR count). The molecule has 2 aromatic rings. The van der Waals surface area contributed by atoms with Crippen LogP contribution in [0.25, 0.3) is 0 Å². The molecule has 1 fully saturated rings. The molecule has 0 atom stereocenters. The van der Waals surface area contributed by atoms with E-state index >= 15 is 0 Å². The minimum Gasteiger partial charge on any atom is -0.398 e. The van der Waals surface area contributed by atoms with Gasteiger partial charge in [-0.15, -0.1) is 0 Å². The Hall–Kier alpha value is -2.00. The first-order valence-electron chi connectivity index (χ1n) is 7.70. The third-order valence-electron chi connectivity index (χ3n) is 4.34. The summed E-state index contributed by atoms with van der Waals surface area (Å²) in [6, 6.07) is 16.5. The van der Waals surface area contributed by atoms with E-state index in [9.17, 15) is 0 Å². The zero-order valence-corrected chi connectivity index (χ0v) is 12.3. The molecule has 0 aromatic heterocycles. The van der Waals surface area contributed by atoms with Gasteiger partial charge < -0.3 is 11.5 Å². The van der Waals surface area contributed by atoms with Gasteiger partial charge in [-0.25, -0.2) is 0 Å². The minimum atomic E-state index is 0.160. The van der Waals surface area contributed by atoms with Crippen molar-refractivity contribution < 1.29 is 0 Å². The number of piperidine rings is 1. The van der Waals surface area contributed by atoms with Gasteiger partial charge >= 0.3 is 0 Å². The molecule has 4 N–H and O–H groups in total. The molecule has 1 aliphatic rings. The number of nitrogen functional groups attached to an aromatic ring is 2. The standard InChI is InChI=1S/C18H23N3/c19-16-10-4-2-8-14(16)18(21-12-6-1-7-13-21)15-9-3-5-11-17(15)20/h2-5,8-11,18H,1,6-7,12-13,19-20H2. The Labute approximate surface area is 126 Å². The van der Waals surface area contributed by atoms with Crippen molar-refractivity contribution in [2.24, 2.45) is 0 Å². The Morgan fingerprint density at radius 2 is 1.19 bits per heavy atom. The fourth-order valence-corrected chi connectivity index (χ4v) is 3.26. The first-order chi connectivity index (χ1) is 10.3. The molecule has 3 heteroatoms. The van der Waals surface area contributed by atoms with Crippen molar-refractivity contribution >= 4 is 11.4 Å². The van der Waals surface area contributed by atoms with Crippen molar-refractivity contribution in [3.05, 3.63) is 59.7 Å². The monoisotopic (exact) mass is 281 g/mol. The van der Waals surface area contributed by atoms with Crippen LogP contribution in [-0.2, 0) is 0 Å². The predicted molar refractivity (Wildman–Crippen MR) is 89.0 cm³/mol. The minimum absolute atomic E-state index is 0.160. The molecule has 21 heavy (non-hydrogen) atoms. The van der Waals surface area contributed by atoms with Crippen LogP contribution in [0.2, 0.25) is 0 Å². The molecule has 1 saturated heterocycles. The molecule has 0 spiro atoms. The van der Waals surface area contributed by atoms with E-state index in [-0.39, 0.29) is 6.04 Å². The maximum Gasteiger partial charge on any atom is 0.0642 e. The quantitative estimate of drug-likeness (QED) is 0.848. The Balaban J connectivity index is 2.07.